The van der Waals surface area contributed by atoms with Crippen LogP contribution < -0.4 is 11.1 Å². The molecule has 0 bridgehead atoms. The summed E-state index contributed by atoms with van der Waals surface area (Å²) in [6.07, 6.45) is 0. The molecule has 1 fully saturated rings. The third-order valence-electron chi connectivity index (χ3n) is 4.72. The van der Waals surface area contributed by atoms with Crippen LogP contribution >= 0.6 is 0 Å². The van der Waals surface area contributed by atoms with Gasteiger partial charge in [0, 0.05) is 5.92 Å². The van der Waals surface area contributed by atoms with Gasteiger partial charge >= 0.3 is 0 Å². The largest absolute Gasteiger partial charge is 0.397 e. The second kappa shape index (κ2) is 3.99. The summed E-state index contributed by atoms with van der Waals surface area (Å²) < 4.78 is 0. The fraction of sp³-hybridized carbons (Fsp3) is 0.467. The molecular formula is C15H19N3O. The van der Waals surface area contributed by atoms with Crippen LogP contribution in [-0.4, -0.2) is 5.91 Å². The molecule has 2 rings (SSSR count). The van der Waals surface area contributed by atoms with Crippen molar-refractivity contribution in [3.63, 3.8) is 0 Å². The number of rotatable bonds is 2. The van der Waals surface area contributed by atoms with E-state index >= 15 is 0 Å². The minimum Gasteiger partial charge on any atom is -0.397 e. The van der Waals surface area contributed by atoms with Gasteiger partial charge in [0.25, 0.3) is 0 Å². The summed E-state index contributed by atoms with van der Waals surface area (Å²) >= 11 is 0. The van der Waals surface area contributed by atoms with Crippen LogP contribution in [0.1, 0.15) is 33.3 Å². The van der Waals surface area contributed by atoms with Crippen molar-refractivity contribution >= 4 is 17.3 Å². The summed E-state index contributed by atoms with van der Waals surface area (Å²) in [4.78, 5) is 12.3. The Kier molecular flexibility index (Phi) is 2.82. The first-order valence-corrected chi connectivity index (χ1v) is 6.32. The standard InChI is InChI=1S/C15H19N3O/c1-14(2)12(15(14,3)4)13(19)18-11-6-5-9(8-16)7-10(11)17/h5-7,12H,17H2,1-4H3,(H,18,19). The molecule has 0 saturated heterocycles. The molecule has 1 aromatic carbocycles. The number of nitrogen functional groups attached to an aromatic ring is 1. The summed E-state index contributed by atoms with van der Waals surface area (Å²) in [6, 6.07) is 6.91. The van der Waals surface area contributed by atoms with Crippen LogP contribution in [0.25, 0.3) is 0 Å². The van der Waals surface area contributed by atoms with E-state index in [0.29, 0.717) is 16.9 Å². The Morgan fingerprint density at radius 2 is 1.89 bits per heavy atom. The lowest BCUT2D eigenvalue weighted by Gasteiger charge is -2.09. The van der Waals surface area contributed by atoms with Crippen LogP contribution in [0.5, 0.6) is 0 Å². The molecule has 4 heteroatoms. The fourth-order valence-electron chi connectivity index (χ4n) is 2.80. The van der Waals surface area contributed by atoms with Crippen LogP contribution in [0.3, 0.4) is 0 Å². The quantitative estimate of drug-likeness (QED) is 0.799. The molecular weight excluding hydrogens is 238 g/mol. The predicted molar refractivity (Wildman–Crippen MR) is 75.3 cm³/mol. The zero-order valence-corrected chi connectivity index (χ0v) is 11.7. The predicted octanol–water partition coefficient (Wildman–Crippen LogP) is 2.76. The van der Waals surface area contributed by atoms with E-state index in [-0.39, 0.29) is 22.7 Å². The number of nitrogens with one attached hydrogen (secondary N) is 1. The number of carbonyl (C=O) groups is 1. The van der Waals surface area contributed by atoms with Crippen LogP contribution in [0.4, 0.5) is 11.4 Å². The number of nitrogens with two attached hydrogens (primary N) is 1. The summed E-state index contributed by atoms with van der Waals surface area (Å²) in [7, 11) is 0. The Labute approximate surface area is 113 Å². The smallest absolute Gasteiger partial charge is 0.228 e. The lowest BCUT2D eigenvalue weighted by atomic mass is 10.0. The van der Waals surface area contributed by atoms with Crippen molar-refractivity contribution in [2.24, 2.45) is 16.7 Å². The van der Waals surface area contributed by atoms with Crippen molar-refractivity contribution in [3.8, 4) is 6.07 Å². The van der Waals surface area contributed by atoms with Crippen molar-refractivity contribution < 1.29 is 4.79 Å². The van der Waals surface area contributed by atoms with Gasteiger partial charge in [-0.2, -0.15) is 5.26 Å². The first kappa shape index (κ1) is 13.4. The number of amides is 1. The van der Waals surface area contributed by atoms with Crippen LogP contribution in [0, 0.1) is 28.1 Å². The van der Waals surface area contributed by atoms with Gasteiger partial charge in [-0.3, -0.25) is 4.79 Å². The van der Waals surface area contributed by atoms with Gasteiger partial charge in [-0.15, -0.1) is 0 Å². The number of hydrogen-bond donors (Lipinski definition) is 2. The molecule has 100 valence electrons. The molecule has 1 saturated carbocycles. The fourth-order valence-corrected chi connectivity index (χ4v) is 2.80. The minimum atomic E-state index is -0.0185. The van der Waals surface area contributed by atoms with E-state index in [4.69, 9.17) is 11.0 Å². The number of nitriles is 1. The molecule has 1 aromatic rings. The van der Waals surface area contributed by atoms with Crippen LogP contribution in [0.15, 0.2) is 18.2 Å². The summed E-state index contributed by atoms with van der Waals surface area (Å²) in [5.41, 5.74) is 7.31. The van der Waals surface area contributed by atoms with E-state index in [1.165, 1.54) is 0 Å². The number of nitrogens with zero attached hydrogens (tertiary/aromatic N) is 1. The molecule has 3 N–H and O–H groups in total. The van der Waals surface area contributed by atoms with Crippen molar-refractivity contribution in [1.82, 2.24) is 0 Å². The van der Waals surface area contributed by atoms with Gasteiger partial charge in [0.15, 0.2) is 0 Å². The van der Waals surface area contributed by atoms with Gasteiger partial charge in [0.1, 0.15) is 0 Å². The topological polar surface area (TPSA) is 78.9 Å². The molecule has 1 aliphatic carbocycles. The van der Waals surface area contributed by atoms with Gasteiger partial charge in [-0.25, -0.2) is 0 Å². The molecule has 0 spiro atoms. The molecule has 0 unspecified atom stereocenters. The van der Waals surface area contributed by atoms with Crippen molar-refractivity contribution in [2.45, 2.75) is 27.7 Å². The van der Waals surface area contributed by atoms with E-state index < -0.39 is 0 Å². The normalized spacial score (nSPS) is 19.5. The van der Waals surface area contributed by atoms with E-state index in [1.807, 2.05) is 6.07 Å². The van der Waals surface area contributed by atoms with Gasteiger partial charge in [0.2, 0.25) is 5.91 Å². The Morgan fingerprint density at radius 1 is 1.32 bits per heavy atom. The number of carbonyl (C=O) groups excluding carboxylic acids is 1. The first-order chi connectivity index (χ1) is 8.71. The number of anilines is 2. The monoisotopic (exact) mass is 257 g/mol. The second-order valence-corrected chi connectivity index (χ2v) is 6.28. The number of hydrogen-bond acceptors (Lipinski definition) is 3. The SMILES string of the molecule is CC1(C)C(C(=O)Nc2ccc(C#N)cc2N)C1(C)C. The van der Waals surface area contributed by atoms with Gasteiger partial charge in [-0.05, 0) is 29.0 Å². The molecule has 0 atom stereocenters. The average Bonchev–Trinajstić information content (AvgIpc) is 2.72. The maximum absolute atomic E-state index is 12.3. The zero-order valence-electron chi connectivity index (χ0n) is 11.7. The average molecular weight is 257 g/mol. The maximum atomic E-state index is 12.3. The highest BCUT2D eigenvalue weighted by Gasteiger charge is 2.68. The Hall–Kier alpha value is -2.02. The van der Waals surface area contributed by atoms with Gasteiger partial charge in [-0.1, -0.05) is 27.7 Å². The zero-order chi connectivity index (χ0) is 14.4. The van der Waals surface area contributed by atoms with Gasteiger partial charge in [0.05, 0.1) is 23.0 Å². The minimum absolute atomic E-state index is 0.00155. The molecule has 1 amide bonds. The van der Waals surface area contributed by atoms with Gasteiger partial charge < -0.3 is 11.1 Å². The highest BCUT2D eigenvalue weighted by Crippen LogP contribution is 2.68. The molecule has 1 aliphatic rings. The van der Waals surface area contributed by atoms with Crippen LogP contribution in [0.2, 0.25) is 0 Å². The van der Waals surface area contributed by atoms with Crippen molar-refractivity contribution in [2.75, 3.05) is 11.1 Å². The van der Waals surface area contributed by atoms with E-state index in [9.17, 15) is 4.79 Å². The van der Waals surface area contributed by atoms with Crippen molar-refractivity contribution in [1.29, 1.82) is 5.26 Å². The highest BCUT2D eigenvalue weighted by atomic mass is 16.2. The summed E-state index contributed by atoms with van der Waals surface area (Å²) in [5, 5.41) is 11.6. The molecule has 4 nitrogen and oxygen atoms in total. The lowest BCUT2D eigenvalue weighted by molar-refractivity contribution is -0.118. The molecule has 0 aliphatic heterocycles. The summed E-state index contributed by atoms with van der Waals surface area (Å²) in [6.45, 7) is 8.39. The Balaban J connectivity index is 2.16. The maximum Gasteiger partial charge on any atom is 0.228 e. The number of benzene rings is 1. The van der Waals surface area contributed by atoms with E-state index in [2.05, 4.69) is 33.0 Å². The van der Waals surface area contributed by atoms with E-state index in [1.54, 1.807) is 18.2 Å². The first-order valence-electron chi connectivity index (χ1n) is 6.32. The Morgan fingerprint density at radius 3 is 2.32 bits per heavy atom. The highest BCUT2D eigenvalue weighted by molar-refractivity contribution is 5.98. The van der Waals surface area contributed by atoms with Crippen LogP contribution in [-0.2, 0) is 4.79 Å². The molecule has 0 aromatic heterocycles. The van der Waals surface area contributed by atoms with Crippen molar-refractivity contribution in [3.05, 3.63) is 23.8 Å². The Bertz CT molecular complexity index is 568. The lowest BCUT2D eigenvalue weighted by Crippen LogP contribution is -2.18. The molecule has 19 heavy (non-hydrogen) atoms. The third kappa shape index (κ3) is 1.95. The molecule has 0 heterocycles. The summed E-state index contributed by atoms with van der Waals surface area (Å²) in [5.74, 6) is -0.0264. The van der Waals surface area contributed by atoms with E-state index in [0.717, 1.165) is 0 Å². The second-order valence-electron chi connectivity index (χ2n) is 6.28. The molecule has 0 radical (unpaired) electrons. The third-order valence-corrected chi connectivity index (χ3v) is 4.72.